The third kappa shape index (κ3) is 1.72. The Morgan fingerprint density at radius 2 is 2.06 bits per heavy atom. The number of aromatic nitrogens is 1. The number of benzene rings is 1. The maximum atomic E-state index is 6.05. The molecule has 1 aliphatic carbocycles. The van der Waals surface area contributed by atoms with Gasteiger partial charge >= 0.3 is 0 Å². The summed E-state index contributed by atoms with van der Waals surface area (Å²) in [6, 6.07) is 8.67. The largest absolute Gasteiger partial charge is 0.330 e. The summed E-state index contributed by atoms with van der Waals surface area (Å²) in [5.41, 5.74) is 9.93. The number of rotatable bonds is 2. The maximum absolute atomic E-state index is 6.05. The number of pyridine rings is 1. The van der Waals surface area contributed by atoms with Gasteiger partial charge in [-0.3, -0.25) is 4.98 Å². The van der Waals surface area contributed by atoms with Crippen LogP contribution in [0.5, 0.6) is 0 Å². The molecule has 0 aliphatic heterocycles. The second-order valence-electron chi connectivity index (χ2n) is 5.56. The van der Waals surface area contributed by atoms with Crippen LogP contribution >= 0.6 is 0 Å². The van der Waals surface area contributed by atoms with Crippen molar-refractivity contribution >= 4 is 10.9 Å². The molecule has 0 radical (unpaired) electrons. The van der Waals surface area contributed by atoms with Gasteiger partial charge in [-0.15, -0.1) is 0 Å². The zero-order chi connectivity index (χ0) is 12.6. The standard InChI is InChI=1S/C16H20N2/c1-12-5-4-6-13-9-14(10-18-15(12)13)16(11-17)7-2-3-8-16/h4-6,9-10H,2-3,7-8,11,17H2,1H3. The van der Waals surface area contributed by atoms with E-state index in [1.807, 2.05) is 6.20 Å². The van der Waals surface area contributed by atoms with Gasteiger partial charge in [0.1, 0.15) is 0 Å². The van der Waals surface area contributed by atoms with Crippen LogP contribution in [0, 0.1) is 6.92 Å². The number of fused-ring (bicyclic) bond motifs is 1. The summed E-state index contributed by atoms with van der Waals surface area (Å²) >= 11 is 0. The first-order chi connectivity index (χ1) is 8.75. The van der Waals surface area contributed by atoms with Crippen LogP contribution in [0.1, 0.15) is 36.8 Å². The maximum Gasteiger partial charge on any atom is 0.0731 e. The van der Waals surface area contributed by atoms with Crippen LogP contribution < -0.4 is 5.73 Å². The van der Waals surface area contributed by atoms with Crippen molar-refractivity contribution in [1.82, 2.24) is 4.98 Å². The Labute approximate surface area is 108 Å². The molecule has 1 fully saturated rings. The van der Waals surface area contributed by atoms with E-state index < -0.39 is 0 Å². The highest BCUT2D eigenvalue weighted by molar-refractivity contribution is 5.82. The van der Waals surface area contributed by atoms with E-state index in [0.717, 1.165) is 12.1 Å². The van der Waals surface area contributed by atoms with E-state index in [9.17, 15) is 0 Å². The molecule has 1 heterocycles. The van der Waals surface area contributed by atoms with Crippen molar-refractivity contribution in [3.63, 3.8) is 0 Å². The third-order valence-electron chi connectivity index (χ3n) is 4.48. The molecule has 2 N–H and O–H groups in total. The molecule has 18 heavy (non-hydrogen) atoms. The fourth-order valence-corrected chi connectivity index (χ4v) is 3.27. The fourth-order valence-electron chi connectivity index (χ4n) is 3.27. The van der Waals surface area contributed by atoms with Crippen molar-refractivity contribution < 1.29 is 0 Å². The molecule has 0 unspecified atom stereocenters. The summed E-state index contributed by atoms with van der Waals surface area (Å²) in [7, 11) is 0. The molecular formula is C16H20N2. The van der Waals surface area contributed by atoms with Crippen LogP contribution in [-0.2, 0) is 5.41 Å². The summed E-state index contributed by atoms with van der Waals surface area (Å²) in [5.74, 6) is 0. The molecule has 0 spiro atoms. The molecule has 1 aromatic heterocycles. The highest BCUT2D eigenvalue weighted by Crippen LogP contribution is 2.40. The van der Waals surface area contributed by atoms with Crippen LogP contribution in [-0.4, -0.2) is 11.5 Å². The lowest BCUT2D eigenvalue weighted by Gasteiger charge is -2.27. The first-order valence-electron chi connectivity index (χ1n) is 6.81. The molecule has 0 amide bonds. The molecule has 0 atom stereocenters. The van der Waals surface area contributed by atoms with Gasteiger partial charge in [-0.05, 0) is 37.0 Å². The molecule has 94 valence electrons. The lowest BCUT2D eigenvalue weighted by molar-refractivity contribution is 0.452. The average Bonchev–Trinajstić information content (AvgIpc) is 2.89. The van der Waals surface area contributed by atoms with E-state index in [-0.39, 0.29) is 5.41 Å². The number of aryl methyl sites for hydroxylation is 1. The highest BCUT2D eigenvalue weighted by atomic mass is 14.7. The Balaban J connectivity index is 2.13. The normalized spacial score (nSPS) is 18.3. The quantitative estimate of drug-likeness (QED) is 0.874. The van der Waals surface area contributed by atoms with Crippen molar-refractivity contribution in [2.24, 2.45) is 5.73 Å². The number of hydrogen-bond acceptors (Lipinski definition) is 2. The van der Waals surface area contributed by atoms with Crippen molar-refractivity contribution in [2.45, 2.75) is 38.0 Å². The molecular weight excluding hydrogens is 220 g/mol. The Kier molecular flexibility index (Phi) is 2.83. The zero-order valence-electron chi connectivity index (χ0n) is 10.9. The molecule has 2 heteroatoms. The Bertz CT molecular complexity index is 568. The minimum absolute atomic E-state index is 0.185. The average molecular weight is 240 g/mol. The molecule has 1 aromatic carbocycles. The predicted molar refractivity (Wildman–Crippen MR) is 75.7 cm³/mol. The highest BCUT2D eigenvalue weighted by Gasteiger charge is 2.34. The van der Waals surface area contributed by atoms with Gasteiger partial charge in [-0.1, -0.05) is 31.0 Å². The Morgan fingerprint density at radius 1 is 1.28 bits per heavy atom. The van der Waals surface area contributed by atoms with Crippen LogP contribution in [0.3, 0.4) is 0 Å². The fraction of sp³-hybridized carbons (Fsp3) is 0.438. The summed E-state index contributed by atoms with van der Waals surface area (Å²) < 4.78 is 0. The SMILES string of the molecule is Cc1cccc2cc(C3(CN)CCCC3)cnc12. The number of nitrogens with zero attached hydrogens (tertiary/aromatic N) is 1. The van der Waals surface area contributed by atoms with Gasteiger partial charge in [-0.2, -0.15) is 0 Å². The van der Waals surface area contributed by atoms with Crippen molar-refractivity contribution in [1.29, 1.82) is 0 Å². The Hall–Kier alpha value is -1.41. The minimum Gasteiger partial charge on any atom is -0.330 e. The third-order valence-corrected chi connectivity index (χ3v) is 4.48. The van der Waals surface area contributed by atoms with E-state index in [1.165, 1.54) is 42.2 Å². The van der Waals surface area contributed by atoms with Gasteiger partial charge in [0, 0.05) is 23.5 Å². The first-order valence-corrected chi connectivity index (χ1v) is 6.81. The van der Waals surface area contributed by atoms with Gasteiger partial charge in [0.25, 0.3) is 0 Å². The van der Waals surface area contributed by atoms with Crippen molar-refractivity contribution in [3.05, 3.63) is 41.6 Å². The first kappa shape index (κ1) is 11.7. The molecule has 0 bridgehead atoms. The van der Waals surface area contributed by atoms with Crippen LogP contribution in [0.2, 0.25) is 0 Å². The molecule has 0 saturated heterocycles. The summed E-state index contributed by atoms with van der Waals surface area (Å²) in [6.45, 7) is 2.86. The van der Waals surface area contributed by atoms with Gasteiger partial charge in [0.2, 0.25) is 0 Å². The second kappa shape index (κ2) is 4.36. The second-order valence-corrected chi connectivity index (χ2v) is 5.56. The van der Waals surface area contributed by atoms with E-state index in [4.69, 9.17) is 5.73 Å². The minimum atomic E-state index is 0.185. The van der Waals surface area contributed by atoms with E-state index >= 15 is 0 Å². The lowest BCUT2D eigenvalue weighted by Crippen LogP contribution is -2.32. The lowest BCUT2D eigenvalue weighted by atomic mass is 9.79. The summed E-state index contributed by atoms with van der Waals surface area (Å²) in [6.07, 6.45) is 7.06. The van der Waals surface area contributed by atoms with Crippen molar-refractivity contribution in [2.75, 3.05) is 6.54 Å². The number of para-hydroxylation sites is 1. The van der Waals surface area contributed by atoms with Gasteiger partial charge in [0.15, 0.2) is 0 Å². The van der Waals surface area contributed by atoms with Crippen LogP contribution in [0.15, 0.2) is 30.5 Å². The summed E-state index contributed by atoms with van der Waals surface area (Å²) in [4.78, 5) is 4.66. The van der Waals surface area contributed by atoms with Crippen molar-refractivity contribution in [3.8, 4) is 0 Å². The topological polar surface area (TPSA) is 38.9 Å². The Morgan fingerprint density at radius 3 is 2.78 bits per heavy atom. The van der Waals surface area contributed by atoms with Gasteiger partial charge in [-0.25, -0.2) is 0 Å². The number of hydrogen-bond donors (Lipinski definition) is 1. The predicted octanol–water partition coefficient (Wildman–Crippen LogP) is 3.31. The van der Waals surface area contributed by atoms with Gasteiger partial charge in [0.05, 0.1) is 5.52 Å². The van der Waals surface area contributed by atoms with Gasteiger partial charge < -0.3 is 5.73 Å². The molecule has 3 rings (SSSR count). The summed E-state index contributed by atoms with van der Waals surface area (Å²) in [5, 5.41) is 1.24. The number of nitrogens with two attached hydrogens (primary N) is 1. The molecule has 2 aromatic rings. The molecule has 2 nitrogen and oxygen atoms in total. The zero-order valence-corrected chi connectivity index (χ0v) is 10.9. The van der Waals surface area contributed by atoms with E-state index in [0.29, 0.717) is 0 Å². The smallest absolute Gasteiger partial charge is 0.0731 e. The monoisotopic (exact) mass is 240 g/mol. The van der Waals surface area contributed by atoms with E-state index in [2.05, 4.69) is 36.2 Å². The van der Waals surface area contributed by atoms with E-state index in [1.54, 1.807) is 0 Å². The van der Waals surface area contributed by atoms with Crippen LogP contribution in [0.4, 0.5) is 0 Å². The molecule has 1 saturated carbocycles. The van der Waals surface area contributed by atoms with Crippen LogP contribution in [0.25, 0.3) is 10.9 Å². The molecule has 1 aliphatic rings.